The van der Waals surface area contributed by atoms with Crippen LogP contribution in [0.25, 0.3) is 17.5 Å². The number of benzene rings is 2. The van der Waals surface area contributed by atoms with Gasteiger partial charge in [-0.3, -0.25) is 0 Å². The molecular weight excluding hydrogens is 382 g/mol. The van der Waals surface area contributed by atoms with Gasteiger partial charge >= 0.3 is 0 Å². The zero-order valence-electron chi connectivity index (χ0n) is 17.4. The number of rotatable bonds is 6. The SMILES string of the molecule is C/C=C(\C)C1=Cc2c(CCc3c[nH]c(-c4ccc(F)cc4F)n3)cc(OC)cc2C1. The molecule has 0 aliphatic heterocycles. The third-order valence-corrected chi connectivity index (χ3v) is 5.67. The smallest absolute Gasteiger partial charge is 0.140 e. The fraction of sp³-hybridized carbons (Fsp3) is 0.240. The van der Waals surface area contributed by atoms with E-state index in [-0.39, 0.29) is 5.56 Å². The molecule has 0 fully saturated rings. The van der Waals surface area contributed by atoms with Gasteiger partial charge in [-0.1, -0.05) is 17.7 Å². The predicted molar refractivity (Wildman–Crippen MR) is 115 cm³/mol. The lowest BCUT2D eigenvalue weighted by molar-refractivity contribution is 0.414. The van der Waals surface area contributed by atoms with Gasteiger partial charge in [-0.05, 0) is 79.6 Å². The molecule has 0 unspecified atom stereocenters. The molecule has 0 saturated carbocycles. The Morgan fingerprint density at radius 1 is 1.20 bits per heavy atom. The minimum atomic E-state index is -0.626. The third-order valence-electron chi connectivity index (χ3n) is 5.67. The number of aromatic nitrogens is 2. The quantitative estimate of drug-likeness (QED) is 0.541. The highest BCUT2D eigenvalue weighted by atomic mass is 19.1. The van der Waals surface area contributed by atoms with E-state index in [0.717, 1.165) is 30.4 Å². The number of allylic oxidation sites excluding steroid dienone is 3. The fourth-order valence-corrected chi connectivity index (χ4v) is 3.84. The van der Waals surface area contributed by atoms with Crippen molar-refractivity contribution in [2.24, 2.45) is 0 Å². The summed E-state index contributed by atoms with van der Waals surface area (Å²) in [5.74, 6) is 0.0333. The van der Waals surface area contributed by atoms with Gasteiger partial charge in [0.1, 0.15) is 23.2 Å². The molecular formula is C25H24F2N2O. The van der Waals surface area contributed by atoms with Gasteiger partial charge in [0.15, 0.2) is 0 Å². The first-order valence-electron chi connectivity index (χ1n) is 10.0. The molecule has 1 aromatic heterocycles. The normalized spacial score (nSPS) is 13.4. The zero-order chi connectivity index (χ0) is 21.3. The van der Waals surface area contributed by atoms with Crippen molar-refractivity contribution in [3.8, 4) is 17.1 Å². The molecule has 5 heteroatoms. The number of hydrogen-bond acceptors (Lipinski definition) is 2. The fourth-order valence-electron chi connectivity index (χ4n) is 3.84. The van der Waals surface area contributed by atoms with E-state index in [1.807, 2.05) is 0 Å². The molecule has 1 aliphatic carbocycles. The van der Waals surface area contributed by atoms with Gasteiger partial charge in [-0.2, -0.15) is 0 Å². The van der Waals surface area contributed by atoms with Crippen LogP contribution in [0.5, 0.6) is 5.75 Å². The minimum Gasteiger partial charge on any atom is -0.497 e. The Kier molecular flexibility index (Phi) is 5.53. The van der Waals surface area contributed by atoms with Crippen molar-refractivity contribution in [2.75, 3.05) is 7.11 Å². The maximum absolute atomic E-state index is 14.0. The van der Waals surface area contributed by atoms with E-state index in [1.54, 1.807) is 13.3 Å². The van der Waals surface area contributed by atoms with E-state index in [0.29, 0.717) is 12.2 Å². The molecule has 3 nitrogen and oxygen atoms in total. The first kappa shape index (κ1) is 20.1. The Morgan fingerprint density at radius 3 is 2.77 bits per heavy atom. The topological polar surface area (TPSA) is 37.9 Å². The number of nitrogens with zero attached hydrogens (tertiary/aromatic N) is 1. The monoisotopic (exact) mass is 406 g/mol. The number of ether oxygens (including phenoxy) is 1. The maximum Gasteiger partial charge on any atom is 0.140 e. The van der Waals surface area contributed by atoms with Gasteiger partial charge in [-0.25, -0.2) is 13.8 Å². The van der Waals surface area contributed by atoms with Gasteiger partial charge in [0.25, 0.3) is 0 Å². The molecule has 1 aliphatic rings. The van der Waals surface area contributed by atoms with Crippen molar-refractivity contribution < 1.29 is 13.5 Å². The van der Waals surface area contributed by atoms with E-state index < -0.39 is 11.6 Å². The largest absolute Gasteiger partial charge is 0.497 e. The van der Waals surface area contributed by atoms with Gasteiger partial charge in [0, 0.05) is 12.3 Å². The molecule has 0 atom stereocenters. The first-order chi connectivity index (χ1) is 14.5. The van der Waals surface area contributed by atoms with Crippen molar-refractivity contribution in [3.63, 3.8) is 0 Å². The lowest BCUT2D eigenvalue weighted by Gasteiger charge is -2.10. The molecule has 0 saturated heterocycles. The number of hydrogen-bond donors (Lipinski definition) is 1. The number of nitrogens with one attached hydrogen (secondary N) is 1. The van der Waals surface area contributed by atoms with Gasteiger partial charge < -0.3 is 9.72 Å². The van der Waals surface area contributed by atoms with E-state index in [4.69, 9.17) is 4.74 Å². The summed E-state index contributed by atoms with van der Waals surface area (Å²) in [6, 6.07) is 7.69. The molecule has 2 aromatic carbocycles. The molecule has 30 heavy (non-hydrogen) atoms. The van der Waals surface area contributed by atoms with Crippen LogP contribution in [-0.4, -0.2) is 17.1 Å². The molecule has 154 valence electrons. The average Bonchev–Trinajstić information content (AvgIpc) is 3.38. The van der Waals surface area contributed by atoms with Gasteiger partial charge in [0.05, 0.1) is 18.4 Å². The second-order valence-electron chi connectivity index (χ2n) is 7.54. The summed E-state index contributed by atoms with van der Waals surface area (Å²) in [6.07, 6.45) is 8.58. The molecule has 0 spiro atoms. The van der Waals surface area contributed by atoms with Crippen LogP contribution in [0.15, 0.2) is 53.8 Å². The maximum atomic E-state index is 14.0. The Morgan fingerprint density at radius 2 is 2.03 bits per heavy atom. The summed E-state index contributed by atoms with van der Waals surface area (Å²) in [7, 11) is 1.68. The second-order valence-corrected chi connectivity index (χ2v) is 7.54. The Balaban J connectivity index is 1.57. The highest BCUT2D eigenvalue weighted by molar-refractivity contribution is 5.71. The Labute approximate surface area is 175 Å². The van der Waals surface area contributed by atoms with Crippen LogP contribution in [0, 0.1) is 11.6 Å². The summed E-state index contributed by atoms with van der Waals surface area (Å²) >= 11 is 0. The van der Waals surface area contributed by atoms with Crippen LogP contribution < -0.4 is 4.74 Å². The molecule has 0 bridgehead atoms. The van der Waals surface area contributed by atoms with Crippen LogP contribution in [0.4, 0.5) is 8.78 Å². The number of halogens is 2. The van der Waals surface area contributed by atoms with Crippen molar-refractivity contribution >= 4 is 6.08 Å². The summed E-state index contributed by atoms with van der Waals surface area (Å²) in [6.45, 7) is 4.19. The van der Waals surface area contributed by atoms with Crippen molar-refractivity contribution in [1.82, 2.24) is 9.97 Å². The van der Waals surface area contributed by atoms with Crippen LogP contribution >= 0.6 is 0 Å². The number of aryl methyl sites for hydroxylation is 2. The zero-order valence-corrected chi connectivity index (χ0v) is 17.4. The minimum absolute atomic E-state index is 0.263. The van der Waals surface area contributed by atoms with Gasteiger partial charge in [-0.15, -0.1) is 0 Å². The van der Waals surface area contributed by atoms with E-state index in [9.17, 15) is 8.78 Å². The average molecular weight is 406 g/mol. The summed E-state index contributed by atoms with van der Waals surface area (Å²) in [5.41, 5.74) is 7.45. The first-order valence-corrected chi connectivity index (χ1v) is 10.0. The van der Waals surface area contributed by atoms with E-state index in [1.165, 1.54) is 40.0 Å². The van der Waals surface area contributed by atoms with E-state index >= 15 is 0 Å². The standard InChI is InChI=1S/C25H24F2N2O/c1-4-15(2)17-9-18-11-21(30-3)10-16(23(18)12-17)5-7-20-14-28-25(29-20)22-8-6-19(26)13-24(22)27/h4,6,8,10-14H,5,7,9H2,1-3H3,(H,28,29)/b15-4+. The summed E-state index contributed by atoms with van der Waals surface area (Å²) < 4.78 is 32.7. The van der Waals surface area contributed by atoms with Crippen LogP contribution in [0.2, 0.25) is 0 Å². The molecule has 0 radical (unpaired) electrons. The van der Waals surface area contributed by atoms with Crippen molar-refractivity contribution in [2.45, 2.75) is 33.1 Å². The lowest BCUT2D eigenvalue weighted by Crippen LogP contribution is -1.98. The highest BCUT2D eigenvalue weighted by Gasteiger charge is 2.19. The number of imidazole rings is 1. The molecule has 4 rings (SSSR count). The Hall–Kier alpha value is -3.21. The van der Waals surface area contributed by atoms with Crippen LogP contribution in [0.1, 0.15) is 36.2 Å². The van der Waals surface area contributed by atoms with Crippen molar-refractivity contribution in [1.29, 1.82) is 0 Å². The number of methoxy groups -OCH3 is 1. The van der Waals surface area contributed by atoms with E-state index in [2.05, 4.69) is 48.1 Å². The lowest BCUT2D eigenvalue weighted by atomic mass is 9.98. The summed E-state index contributed by atoms with van der Waals surface area (Å²) in [5, 5.41) is 0. The molecule has 1 heterocycles. The second kappa shape index (κ2) is 8.27. The number of fused-ring (bicyclic) bond motifs is 1. The molecule has 1 N–H and O–H groups in total. The van der Waals surface area contributed by atoms with Crippen molar-refractivity contribution in [3.05, 3.63) is 87.8 Å². The van der Waals surface area contributed by atoms with Crippen LogP contribution in [0.3, 0.4) is 0 Å². The van der Waals surface area contributed by atoms with Crippen LogP contribution in [-0.2, 0) is 19.3 Å². The highest BCUT2D eigenvalue weighted by Crippen LogP contribution is 2.35. The summed E-state index contributed by atoms with van der Waals surface area (Å²) in [4.78, 5) is 7.51. The predicted octanol–water partition coefficient (Wildman–Crippen LogP) is 6.05. The third kappa shape index (κ3) is 3.92. The molecule has 0 amide bonds. The molecule has 3 aromatic rings. The number of aromatic amines is 1. The number of H-pyrrole nitrogens is 1. The Bertz CT molecular complexity index is 1160. The van der Waals surface area contributed by atoms with Gasteiger partial charge in [0.2, 0.25) is 0 Å².